The van der Waals surface area contributed by atoms with Crippen molar-refractivity contribution in [3.63, 3.8) is 0 Å². The number of hydrogen-bond acceptors (Lipinski definition) is 2. The van der Waals surface area contributed by atoms with E-state index in [0.717, 1.165) is 17.1 Å². The van der Waals surface area contributed by atoms with Gasteiger partial charge in [-0.2, -0.15) is 0 Å². The van der Waals surface area contributed by atoms with E-state index in [1.807, 2.05) is 11.3 Å². The first-order chi connectivity index (χ1) is 27.8. The Morgan fingerprint density at radius 2 is 0.732 bits per heavy atom. The summed E-state index contributed by atoms with van der Waals surface area (Å²) in [6, 6.07) is 77.6. The second kappa shape index (κ2) is 13.4. The van der Waals surface area contributed by atoms with Gasteiger partial charge in [0.2, 0.25) is 0 Å². The van der Waals surface area contributed by atoms with Crippen molar-refractivity contribution in [2.75, 3.05) is 4.90 Å². The lowest BCUT2D eigenvalue weighted by atomic mass is 9.94. The predicted octanol–water partition coefficient (Wildman–Crippen LogP) is 16.0. The average Bonchev–Trinajstić information content (AvgIpc) is 3.67. The molecule has 11 aromatic rings. The molecule has 0 aliphatic carbocycles. The normalized spacial score (nSPS) is 11.6. The number of benzene rings is 10. The van der Waals surface area contributed by atoms with Gasteiger partial charge in [-0.05, 0) is 114 Å². The van der Waals surface area contributed by atoms with Crippen LogP contribution < -0.4 is 4.90 Å². The van der Waals surface area contributed by atoms with Gasteiger partial charge in [0.15, 0.2) is 0 Å². The van der Waals surface area contributed by atoms with E-state index in [0.29, 0.717) is 0 Å². The van der Waals surface area contributed by atoms with Crippen molar-refractivity contribution in [2.45, 2.75) is 0 Å². The molecule has 262 valence electrons. The fraction of sp³-hybridized carbons (Fsp3) is 0. The maximum Gasteiger partial charge on any atom is 0.0468 e. The first kappa shape index (κ1) is 32.4. The fourth-order valence-corrected chi connectivity index (χ4v) is 9.80. The van der Waals surface area contributed by atoms with Crippen LogP contribution in [-0.4, -0.2) is 0 Å². The molecule has 1 nitrogen and oxygen atoms in total. The molecule has 2 heteroatoms. The van der Waals surface area contributed by atoms with Gasteiger partial charge in [-0.1, -0.05) is 164 Å². The van der Waals surface area contributed by atoms with Crippen molar-refractivity contribution in [2.24, 2.45) is 0 Å². The molecule has 0 aliphatic heterocycles. The number of anilines is 3. The molecular weight excluding hydrogens is 695 g/mol. The molecule has 1 aromatic heterocycles. The highest BCUT2D eigenvalue weighted by atomic mass is 32.1. The van der Waals surface area contributed by atoms with Crippen LogP contribution in [0, 0.1) is 0 Å². The van der Waals surface area contributed by atoms with Gasteiger partial charge in [0.25, 0.3) is 0 Å². The monoisotopic (exact) mass is 729 g/mol. The Hall–Kier alpha value is -7.00. The number of nitrogens with zero attached hydrogens (tertiary/aromatic N) is 1. The Labute approximate surface area is 330 Å². The summed E-state index contributed by atoms with van der Waals surface area (Å²) in [7, 11) is 0. The molecule has 0 saturated heterocycles. The highest BCUT2D eigenvalue weighted by molar-refractivity contribution is 7.26. The van der Waals surface area contributed by atoms with Crippen molar-refractivity contribution in [3.8, 4) is 33.4 Å². The van der Waals surface area contributed by atoms with E-state index < -0.39 is 0 Å². The molecule has 1 heterocycles. The molecule has 56 heavy (non-hydrogen) atoms. The summed E-state index contributed by atoms with van der Waals surface area (Å²) >= 11 is 1.88. The van der Waals surface area contributed by atoms with Crippen molar-refractivity contribution in [1.82, 2.24) is 0 Å². The van der Waals surface area contributed by atoms with E-state index in [9.17, 15) is 0 Å². The van der Waals surface area contributed by atoms with Gasteiger partial charge >= 0.3 is 0 Å². The molecule has 0 bridgehead atoms. The van der Waals surface area contributed by atoms with Crippen molar-refractivity contribution >= 4 is 80.9 Å². The van der Waals surface area contributed by atoms with Crippen LogP contribution in [0.15, 0.2) is 212 Å². The standard InChI is InChI=1S/C54H35NS/c1-2-12-36(13-3-1)39-14-10-15-40(34-39)37-24-28-41(29-25-37)55(43-32-33-49-47-18-5-4-16-45(47)46-17-6-7-19-48(46)52(49)35-43)42-30-26-38(27-31-42)44-21-11-22-51-50-20-8-9-23-53(50)56-54(44)51/h1-35H. The van der Waals surface area contributed by atoms with Crippen molar-refractivity contribution < 1.29 is 0 Å². The molecule has 11 rings (SSSR count). The number of fused-ring (bicyclic) bond motifs is 9. The van der Waals surface area contributed by atoms with Gasteiger partial charge in [0, 0.05) is 37.2 Å². The molecule has 0 unspecified atom stereocenters. The fourth-order valence-electron chi connectivity index (χ4n) is 8.56. The third-order valence-corrected chi connectivity index (χ3v) is 12.5. The minimum Gasteiger partial charge on any atom is -0.310 e. The summed E-state index contributed by atoms with van der Waals surface area (Å²) < 4.78 is 2.66. The minimum absolute atomic E-state index is 1.11. The third kappa shape index (κ3) is 5.46. The molecule has 0 radical (unpaired) electrons. The van der Waals surface area contributed by atoms with Crippen LogP contribution in [0.1, 0.15) is 0 Å². The Kier molecular flexibility index (Phi) is 7.75. The van der Waals surface area contributed by atoms with E-state index in [1.165, 1.54) is 85.9 Å². The van der Waals surface area contributed by atoms with Crippen LogP contribution in [-0.2, 0) is 0 Å². The van der Waals surface area contributed by atoms with Gasteiger partial charge in [0.05, 0.1) is 0 Å². The summed E-state index contributed by atoms with van der Waals surface area (Å²) in [5.41, 5.74) is 10.7. The maximum atomic E-state index is 2.40. The Morgan fingerprint density at radius 1 is 0.268 bits per heavy atom. The van der Waals surface area contributed by atoms with Gasteiger partial charge in [0.1, 0.15) is 0 Å². The molecule has 0 fully saturated rings. The Balaban J connectivity index is 1.05. The molecular formula is C54H35NS. The highest BCUT2D eigenvalue weighted by Crippen LogP contribution is 2.43. The second-order valence-electron chi connectivity index (χ2n) is 14.5. The first-order valence-electron chi connectivity index (χ1n) is 19.2. The van der Waals surface area contributed by atoms with Gasteiger partial charge in [-0.25, -0.2) is 0 Å². The quantitative estimate of drug-likeness (QED) is 0.154. The lowest BCUT2D eigenvalue weighted by Crippen LogP contribution is -2.10. The summed E-state index contributed by atoms with van der Waals surface area (Å²) in [4.78, 5) is 2.40. The van der Waals surface area contributed by atoms with Crippen LogP contribution in [0.4, 0.5) is 17.1 Å². The smallest absolute Gasteiger partial charge is 0.0468 e. The van der Waals surface area contributed by atoms with E-state index in [4.69, 9.17) is 0 Å². The largest absolute Gasteiger partial charge is 0.310 e. The van der Waals surface area contributed by atoms with Gasteiger partial charge in [-0.3, -0.25) is 0 Å². The maximum absolute atomic E-state index is 2.40. The van der Waals surface area contributed by atoms with Crippen LogP contribution in [0.2, 0.25) is 0 Å². The zero-order valence-corrected chi connectivity index (χ0v) is 31.4. The van der Waals surface area contributed by atoms with Crippen molar-refractivity contribution in [3.05, 3.63) is 212 Å². The number of rotatable bonds is 6. The summed E-state index contributed by atoms with van der Waals surface area (Å²) in [6.07, 6.45) is 0. The Morgan fingerprint density at radius 3 is 1.39 bits per heavy atom. The summed E-state index contributed by atoms with van der Waals surface area (Å²) in [5.74, 6) is 0. The molecule has 0 N–H and O–H groups in total. The van der Waals surface area contributed by atoms with E-state index >= 15 is 0 Å². The summed E-state index contributed by atoms with van der Waals surface area (Å²) in [5, 5.41) is 10.3. The van der Waals surface area contributed by atoms with Gasteiger partial charge < -0.3 is 4.90 Å². The third-order valence-electron chi connectivity index (χ3n) is 11.3. The van der Waals surface area contributed by atoms with Crippen LogP contribution >= 0.6 is 11.3 Å². The lowest BCUT2D eigenvalue weighted by molar-refractivity contribution is 1.29. The zero-order valence-electron chi connectivity index (χ0n) is 30.6. The SMILES string of the molecule is c1ccc(-c2cccc(-c3ccc(N(c4ccc(-c5cccc6c5sc5ccccc56)cc4)c4ccc5c6ccccc6c6ccccc6c5c4)cc3)c2)cc1. The molecule has 0 amide bonds. The first-order valence-corrected chi connectivity index (χ1v) is 20.0. The summed E-state index contributed by atoms with van der Waals surface area (Å²) in [6.45, 7) is 0. The van der Waals surface area contributed by atoms with Crippen LogP contribution in [0.3, 0.4) is 0 Å². The highest BCUT2D eigenvalue weighted by Gasteiger charge is 2.17. The van der Waals surface area contributed by atoms with Crippen LogP contribution in [0.5, 0.6) is 0 Å². The second-order valence-corrected chi connectivity index (χ2v) is 15.5. The number of hydrogen-bond donors (Lipinski definition) is 0. The average molecular weight is 730 g/mol. The van der Waals surface area contributed by atoms with E-state index in [-0.39, 0.29) is 0 Å². The lowest BCUT2D eigenvalue weighted by Gasteiger charge is -2.27. The molecule has 10 aromatic carbocycles. The molecule has 0 saturated carbocycles. The van der Waals surface area contributed by atoms with Crippen LogP contribution in [0.25, 0.3) is 85.9 Å². The predicted molar refractivity (Wildman–Crippen MR) is 243 cm³/mol. The topological polar surface area (TPSA) is 3.24 Å². The number of thiophene rings is 1. The minimum atomic E-state index is 1.11. The zero-order chi connectivity index (χ0) is 37.0. The van der Waals surface area contributed by atoms with E-state index in [2.05, 4.69) is 217 Å². The van der Waals surface area contributed by atoms with Gasteiger partial charge in [-0.15, -0.1) is 11.3 Å². The molecule has 0 aliphatic rings. The Bertz CT molecular complexity index is 3200. The molecule has 0 spiro atoms. The van der Waals surface area contributed by atoms with E-state index in [1.54, 1.807) is 0 Å². The molecule has 0 atom stereocenters. The van der Waals surface area contributed by atoms with Crippen molar-refractivity contribution in [1.29, 1.82) is 0 Å².